The number of aliphatic hydroxyl groups is 1. The van der Waals surface area contributed by atoms with Gasteiger partial charge >= 0.3 is 5.97 Å². The SMILES string of the molecule is CC(=O)NC(C(N)=O)/C(C(=O)O)=C(/[O-])O. The second kappa shape index (κ2) is 4.84. The maximum Gasteiger partial charge on any atom is 0.336 e. The minimum Gasteiger partial charge on any atom is -0.629 e. The number of carbonyl (C=O) groups is 3. The highest BCUT2D eigenvalue weighted by Crippen LogP contribution is 2.04. The van der Waals surface area contributed by atoms with Crippen molar-refractivity contribution >= 4 is 17.8 Å². The number of carboxylic acid groups (broad SMARTS) is 1. The summed E-state index contributed by atoms with van der Waals surface area (Å²) in [5.74, 6) is -5.69. The highest BCUT2D eigenvalue weighted by molar-refractivity contribution is 5.99. The molecule has 0 saturated heterocycles. The third kappa shape index (κ3) is 3.55. The van der Waals surface area contributed by atoms with E-state index in [1.807, 2.05) is 5.32 Å². The average molecular weight is 217 g/mol. The zero-order valence-electron chi connectivity index (χ0n) is 7.68. The number of nitrogens with two attached hydrogens (primary N) is 1. The van der Waals surface area contributed by atoms with Crippen molar-refractivity contribution < 1.29 is 29.7 Å². The molecule has 0 aliphatic rings. The van der Waals surface area contributed by atoms with Gasteiger partial charge in [-0.15, -0.1) is 0 Å². The predicted octanol–water partition coefficient (Wildman–Crippen LogP) is -2.81. The number of amides is 2. The van der Waals surface area contributed by atoms with E-state index in [2.05, 4.69) is 0 Å². The van der Waals surface area contributed by atoms with Crippen LogP contribution in [-0.2, 0) is 14.4 Å². The van der Waals surface area contributed by atoms with Gasteiger partial charge in [0.1, 0.15) is 6.04 Å². The van der Waals surface area contributed by atoms with Gasteiger partial charge in [0.05, 0.1) is 11.5 Å². The molecule has 0 aromatic carbocycles. The molecule has 15 heavy (non-hydrogen) atoms. The summed E-state index contributed by atoms with van der Waals surface area (Å²) >= 11 is 0. The number of carboxylic acids is 1. The molecule has 2 amide bonds. The highest BCUT2D eigenvalue weighted by atomic mass is 16.5. The van der Waals surface area contributed by atoms with Crippen LogP contribution in [0, 0.1) is 0 Å². The van der Waals surface area contributed by atoms with Gasteiger partial charge in [-0.1, -0.05) is 0 Å². The van der Waals surface area contributed by atoms with Gasteiger partial charge in [0, 0.05) is 6.92 Å². The molecule has 0 bridgehead atoms. The lowest BCUT2D eigenvalue weighted by atomic mass is 10.1. The van der Waals surface area contributed by atoms with Crippen LogP contribution in [0.3, 0.4) is 0 Å². The van der Waals surface area contributed by atoms with E-state index in [1.54, 1.807) is 0 Å². The first-order valence-electron chi connectivity index (χ1n) is 3.67. The predicted molar refractivity (Wildman–Crippen MR) is 44.1 cm³/mol. The van der Waals surface area contributed by atoms with Gasteiger partial charge in [0.15, 0.2) is 0 Å². The standard InChI is InChI=1S/C7H10N2O6/c1-2(10)9-4(5(8)11)3(6(12)13)7(14)15/h4,12-13H,1H3,(H2,8,11)(H,9,10)(H,14,15)/p-1. The van der Waals surface area contributed by atoms with Crippen LogP contribution in [0.4, 0.5) is 0 Å². The first-order valence-corrected chi connectivity index (χ1v) is 3.67. The highest BCUT2D eigenvalue weighted by Gasteiger charge is 2.27. The minimum atomic E-state index is -1.85. The lowest BCUT2D eigenvalue weighted by molar-refractivity contribution is -0.350. The number of hydrogen-bond donors (Lipinski definition) is 4. The van der Waals surface area contributed by atoms with Gasteiger partial charge in [0.2, 0.25) is 11.8 Å². The van der Waals surface area contributed by atoms with Crippen molar-refractivity contribution in [2.24, 2.45) is 5.73 Å². The third-order valence-corrected chi connectivity index (χ3v) is 1.38. The molecule has 84 valence electrons. The van der Waals surface area contributed by atoms with Crippen LogP contribution in [0.1, 0.15) is 6.92 Å². The molecule has 1 unspecified atom stereocenters. The monoisotopic (exact) mass is 217 g/mol. The summed E-state index contributed by atoms with van der Waals surface area (Å²) in [6.07, 6.45) is 0. The fraction of sp³-hybridized carbons (Fsp3) is 0.286. The fourth-order valence-electron chi connectivity index (χ4n) is 0.827. The van der Waals surface area contributed by atoms with Gasteiger partial charge < -0.3 is 26.4 Å². The van der Waals surface area contributed by atoms with Crippen LogP contribution < -0.4 is 16.2 Å². The van der Waals surface area contributed by atoms with Crippen molar-refractivity contribution in [2.75, 3.05) is 0 Å². The van der Waals surface area contributed by atoms with Gasteiger partial charge in [-0.2, -0.15) is 0 Å². The summed E-state index contributed by atoms with van der Waals surface area (Å²) in [5, 5.41) is 29.3. The minimum absolute atomic E-state index is 0.765. The van der Waals surface area contributed by atoms with Crippen LogP contribution in [0.15, 0.2) is 11.5 Å². The van der Waals surface area contributed by atoms with Crippen molar-refractivity contribution in [3.8, 4) is 0 Å². The summed E-state index contributed by atoms with van der Waals surface area (Å²) in [6, 6.07) is -1.85. The number of hydrogen-bond acceptors (Lipinski definition) is 5. The van der Waals surface area contributed by atoms with Crippen molar-refractivity contribution in [3.63, 3.8) is 0 Å². The normalized spacial score (nSPS) is 13.7. The molecule has 1 atom stereocenters. The van der Waals surface area contributed by atoms with Crippen molar-refractivity contribution in [3.05, 3.63) is 11.5 Å². The molecule has 0 spiro atoms. The second-order valence-corrected chi connectivity index (χ2v) is 2.56. The third-order valence-electron chi connectivity index (χ3n) is 1.38. The Kier molecular flexibility index (Phi) is 4.11. The number of rotatable bonds is 4. The van der Waals surface area contributed by atoms with Crippen molar-refractivity contribution in [1.82, 2.24) is 5.32 Å². The maximum atomic E-state index is 10.7. The molecule has 0 heterocycles. The Morgan fingerprint density at radius 1 is 1.33 bits per heavy atom. The van der Waals surface area contributed by atoms with Gasteiger partial charge in [-0.25, -0.2) is 4.79 Å². The number of aliphatic carboxylic acids is 1. The molecule has 8 heteroatoms. The van der Waals surface area contributed by atoms with E-state index < -0.39 is 35.3 Å². The van der Waals surface area contributed by atoms with E-state index in [-0.39, 0.29) is 0 Å². The molecule has 0 aliphatic heterocycles. The van der Waals surface area contributed by atoms with Crippen LogP contribution in [0.25, 0.3) is 0 Å². The molecule has 0 radical (unpaired) electrons. The number of nitrogens with one attached hydrogen (secondary N) is 1. The van der Waals surface area contributed by atoms with E-state index in [0.29, 0.717) is 0 Å². The van der Waals surface area contributed by atoms with Crippen LogP contribution >= 0.6 is 0 Å². The zero-order chi connectivity index (χ0) is 12.2. The summed E-state index contributed by atoms with van der Waals surface area (Å²) in [7, 11) is 0. The summed E-state index contributed by atoms with van der Waals surface area (Å²) in [4.78, 5) is 31.8. The Bertz CT molecular complexity index is 330. The van der Waals surface area contributed by atoms with Gasteiger partial charge in [-0.3, -0.25) is 9.59 Å². The van der Waals surface area contributed by atoms with E-state index in [4.69, 9.17) is 15.9 Å². The van der Waals surface area contributed by atoms with Crippen molar-refractivity contribution in [1.29, 1.82) is 0 Å². The molecule has 0 saturated carbocycles. The number of aliphatic hydroxyl groups excluding tert-OH is 1. The van der Waals surface area contributed by atoms with Gasteiger partial charge in [-0.05, 0) is 0 Å². The Morgan fingerprint density at radius 3 is 2.00 bits per heavy atom. The molecule has 5 N–H and O–H groups in total. The van der Waals surface area contributed by atoms with E-state index >= 15 is 0 Å². The zero-order valence-corrected chi connectivity index (χ0v) is 7.68. The van der Waals surface area contributed by atoms with Crippen LogP contribution in [0.2, 0.25) is 0 Å². The summed E-state index contributed by atoms with van der Waals surface area (Å²) < 4.78 is 0. The topological polar surface area (TPSA) is 153 Å². The Balaban J connectivity index is 5.22. The molecule has 0 fully saturated rings. The molecule has 0 rings (SSSR count). The van der Waals surface area contributed by atoms with Crippen LogP contribution in [-0.4, -0.2) is 34.0 Å². The Labute approximate surface area is 84.0 Å². The fourth-order valence-corrected chi connectivity index (χ4v) is 0.827. The quantitative estimate of drug-likeness (QED) is 0.294. The van der Waals surface area contributed by atoms with E-state index in [9.17, 15) is 19.5 Å². The molecule has 0 aromatic heterocycles. The average Bonchev–Trinajstić information content (AvgIpc) is 2.00. The number of primary amides is 1. The molecule has 0 aromatic rings. The van der Waals surface area contributed by atoms with E-state index in [0.717, 1.165) is 6.92 Å². The smallest absolute Gasteiger partial charge is 0.336 e. The van der Waals surface area contributed by atoms with Crippen LogP contribution in [0.5, 0.6) is 0 Å². The first kappa shape index (κ1) is 12.8. The van der Waals surface area contributed by atoms with Crippen molar-refractivity contribution in [2.45, 2.75) is 13.0 Å². The summed E-state index contributed by atoms with van der Waals surface area (Å²) in [6.45, 7) is 0.997. The Hall–Kier alpha value is -2.25. The molecule has 0 aliphatic carbocycles. The lowest BCUT2D eigenvalue weighted by Crippen LogP contribution is -2.47. The molecule has 8 nitrogen and oxygen atoms in total. The largest absolute Gasteiger partial charge is 0.629 e. The Morgan fingerprint density at radius 2 is 1.80 bits per heavy atom. The maximum absolute atomic E-state index is 10.7. The number of carbonyl (C=O) groups excluding carboxylic acids is 2. The summed E-state index contributed by atoms with van der Waals surface area (Å²) in [5.41, 5.74) is 3.56. The molecular weight excluding hydrogens is 208 g/mol. The van der Waals surface area contributed by atoms with Gasteiger partial charge in [0.25, 0.3) is 0 Å². The lowest BCUT2D eigenvalue weighted by Gasteiger charge is -2.17. The van der Waals surface area contributed by atoms with E-state index in [1.165, 1.54) is 0 Å². The first-order chi connectivity index (χ1) is 6.77. The molecular formula is C7H9N2O6-. The second-order valence-electron chi connectivity index (χ2n) is 2.56.